The van der Waals surface area contributed by atoms with E-state index in [0.717, 1.165) is 56.5 Å². The summed E-state index contributed by atoms with van der Waals surface area (Å²) in [4.78, 5) is 24.0. The molecule has 38 heavy (non-hydrogen) atoms. The van der Waals surface area contributed by atoms with Gasteiger partial charge in [-0.2, -0.15) is 13.2 Å². The smallest absolute Gasteiger partial charge is 0.430 e. The third-order valence-electron chi connectivity index (χ3n) is 7.36. The van der Waals surface area contributed by atoms with Gasteiger partial charge in [-0.25, -0.2) is 0 Å². The number of nitrogens with one attached hydrogen (secondary N) is 2. The number of aliphatic carboxylic acids is 1. The van der Waals surface area contributed by atoms with Crippen molar-refractivity contribution in [1.82, 2.24) is 5.32 Å². The van der Waals surface area contributed by atoms with Gasteiger partial charge < -0.3 is 24.9 Å². The van der Waals surface area contributed by atoms with Crippen molar-refractivity contribution in [3.05, 3.63) is 70.2 Å². The lowest BCUT2D eigenvalue weighted by atomic mass is 9.72. The van der Waals surface area contributed by atoms with Gasteiger partial charge in [0.25, 0.3) is 0 Å². The molecule has 0 bridgehead atoms. The Labute approximate surface area is 229 Å². The van der Waals surface area contributed by atoms with Crippen LogP contribution in [-0.2, 0) is 14.3 Å². The summed E-state index contributed by atoms with van der Waals surface area (Å²) in [6, 6.07) is 19.6. The molecule has 10 heteroatoms. The molecule has 4 atom stereocenters. The van der Waals surface area contributed by atoms with Crippen molar-refractivity contribution in [2.24, 2.45) is 5.92 Å². The number of ether oxygens (including phenoxy) is 1. The summed E-state index contributed by atoms with van der Waals surface area (Å²) in [6.07, 6.45) is -1.17. The van der Waals surface area contributed by atoms with Crippen LogP contribution in [-0.4, -0.2) is 50.4 Å². The van der Waals surface area contributed by atoms with E-state index in [-0.39, 0.29) is 23.8 Å². The van der Waals surface area contributed by atoms with Crippen LogP contribution in [0, 0.1) is 5.92 Å². The number of carbonyl (C=O) groups is 2. The van der Waals surface area contributed by atoms with Crippen LogP contribution in [0.25, 0.3) is 0 Å². The first-order valence-electron chi connectivity index (χ1n) is 12.9. The van der Waals surface area contributed by atoms with E-state index in [1.54, 1.807) is 4.90 Å². The fraction of sp³-hybridized carbons (Fsp3) is 0.500. The average molecular weight is 599 g/mol. The van der Waals surface area contributed by atoms with E-state index in [9.17, 15) is 18.0 Å². The lowest BCUT2D eigenvalue weighted by molar-refractivity contribution is -0.934. The van der Waals surface area contributed by atoms with Crippen LogP contribution in [0.2, 0.25) is 0 Å². The summed E-state index contributed by atoms with van der Waals surface area (Å²) in [5.41, 5.74) is 2.47. The van der Waals surface area contributed by atoms with E-state index < -0.39 is 12.1 Å². The van der Waals surface area contributed by atoms with Gasteiger partial charge in [0.2, 0.25) is 5.91 Å². The second kappa shape index (κ2) is 14.1. The molecule has 0 unspecified atom stereocenters. The number of morpholine rings is 1. The lowest BCUT2D eigenvalue weighted by Crippen LogP contribution is -3.17. The van der Waals surface area contributed by atoms with Crippen molar-refractivity contribution in [2.45, 2.75) is 56.8 Å². The minimum Gasteiger partial charge on any atom is -0.542 e. The predicted molar refractivity (Wildman–Crippen MR) is 138 cm³/mol. The van der Waals surface area contributed by atoms with Gasteiger partial charge in [0.1, 0.15) is 19.1 Å². The minimum absolute atomic E-state index is 0.0237. The summed E-state index contributed by atoms with van der Waals surface area (Å²) in [6.45, 7) is 6.02. The summed E-state index contributed by atoms with van der Waals surface area (Å²) in [5, 5.41) is 12.2. The van der Waals surface area contributed by atoms with Crippen molar-refractivity contribution in [1.29, 1.82) is 0 Å². The maximum atomic E-state index is 13.5. The largest absolute Gasteiger partial charge is 0.542 e. The standard InChI is InChI=1S/C26H33BrN2O2.C2HF3O2/c1-2-25(20-6-4-3-5-7-20)28-26(30)23-13-12-22(29-14-16-31-17-15-29)18-24(23)19-8-10-21(27)11-9-19;3-2(4,5)1(6)7/h3-11,22-25H,2,12-18H2,1H3,(H,28,30);(H,6,7)/t22-,23-,24+,25+;/m1./s1. The van der Waals surface area contributed by atoms with Crippen molar-refractivity contribution >= 4 is 27.8 Å². The number of carboxylic acid groups (broad SMARTS) is 1. The number of benzene rings is 2. The molecule has 2 aromatic rings. The molecule has 1 heterocycles. The van der Waals surface area contributed by atoms with Crippen LogP contribution in [0.3, 0.4) is 0 Å². The van der Waals surface area contributed by atoms with Gasteiger partial charge in [-0.3, -0.25) is 4.79 Å². The topological polar surface area (TPSA) is 82.9 Å². The van der Waals surface area contributed by atoms with Gasteiger partial charge in [-0.1, -0.05) is 65.3 Å². The summed E-state index contributed by atoms with van der Waals surface area (Å²) in [5.74, 6) is -2.52. The third kappa shape index (κ3) is 8.54. The second-order valence-electron chi connectivity index (χ2n) is 9.71. The monoisotopic (exact) mass is 598 g/mol. The van der Waals surface area contributed by atoms with Gasteiger partial charge in [-0.05, 0) is 36.1 Å². The summed E-state index contributed by atoms with van der Waals surface area (Å²) in [7, 11) is 0. The van der Waals surface area contributed by atoms with Gasteiger partial charge in [-0.15, -0.1) is 0 Å². The number of quaternary nitrogens is 1. The highest BCUT2D eigenvalue weighted by molar-refractivity contribution is 9.10. The zero-order valence-corrected chi connectivity index (χ0v) is 22.9. The first kappa shape index (κ1) is 30.1. The van der Waals surface area contributed by atoms with Gasteiger partial charge in [0.05, 0.1) is 25.3 Å². The molecule has 1 aliphatic carbocycles. The molecule has 1 aliphatic heterocycles. The number of halogens is 4. The molecule has 2 N–H and O–H groups in total. The van der Waals surface area contributed by atoms with Crippen LogP contribution in [0.1, 0.15) is 55.7 Å². The maximum Gasteiger partial charge on any atom is 0.430 e. The number of alkyl halides is 3. The Kier molecular flexibility index (Phi) is 11.2. The van der Waals surface area contributed by atoms with E-state index in [0.29, 0.717) is 6.04 Å². The second-order valence-corrected chi connectivity index (χ2v) is 10.6. The Morgan fingerprint density at radius 2 is 1.68 bits per heavy atom. The molecule has 2 aliphatic rings. The highest BCUT2D eigenvalue weighted by Gasteiger charge is 2.40. The quantitative estimate of drug-likeness (QED) is 0.535. The maximum absolute atomic E-state index is 13.5. The van der Waals surface area contributed by atoms with Crippen molar-refractivity contribution in [3.63, 3.8) is 0 Å². The third-order valence-corrected chi connectivity index (χ3v) is 7.88. The molecule has 0 radical (unpaired) electrons. The zero-order chi connectivity index (χ0) is 27.7. The molecule has 2 aromatic carbocycles. The lowest BCUT2D eigenvalue weighted by Gasteiger charge is -2.40. The molecular weight excluding hydrogens is 565 g/mol. The van der Waals surface area contributed by atoms with Crippen molar-refractivity contribution in [3.8, 4) is 0 Å². The Balaban J connectivity index is 0.000000505. The van der Waals surface area contributed by atoms with Gasteiger partial charge in [0, 0.05) is 29.2 Å². The van der Waals surface area contributed by atoms with Crippen molar-refractivity contribution in [2.75, 3.05) is 26.3 Å². The molecule has 0 spiro atoms. The van der Waals surface area contributed by atoms with E-state index in [1.165, 1.54) is 11.1 Å². The van der Waals surface area contributed by atoms with Gasteiger partial charge in [0.15, 0.2) is 0 Å². The summed E-state index contributed by atoms with van der Waals surface area (Å²) >= 11 is 3.56. The molecule has 0 aromatic heterocycles. The first-order valence-corrected chi connectivity index (χ1v) is 13.7. The fourth-order valence-corrected chi connectivity index (χ4v) is 5.62. The average Bonchev–Trinajstić information content (AvgIpc) is 2.92. The van der Waals surface area contributed by atoms with E-state index in [1.807, 2.05) is 18.2 Å². The Morgan fingerprint density at radius 1 is 1.08 bits per heavy atom. The number of carbonyl (C=O) groups excluding carboxylic acids is 2. The van der Waals surface area contributed by atoms with E-state index >= 15 is 0 Å². The normalized spacial score (nSPS) is 23.0. The SMILES string of the molecule is CC[C@H](NC(=O)[C@@H]1CC[C@@H]([NH+]2CCOCC2)C[C@H]1c1ccc(Br)cc1)c1ccccc1.O=C([O-])C(F)(F)F. The predicted octanol–water partition coefficient (Wildman–Crippen LogP) is 3.18. The molecule has 208 valence electrons. The van der Waals surface area contributed by atoms with Crippen molar-refractivity contribution < 1.29 is 37.5 Å². The van der Waals surface area contributed by atoms with E-state index in [2.05, 4.69) is 64.6 Å². The van der Waals surface area contributed by atoms with Gasteiger partial charge >= 0.3 is 6.18 Å². The molecule has 4 rings (SSSR count). The van der Waals surface area contributed by atoms with Crippen LogP contribution < -0.4 is 15.3 Å². The molecule has 1 amide bonds. The number of hydrogen-bond acceptors (Lipinski definition) is 4. The van der Waals surface area contributed by atoms with Crippen LogP contribution in [0.5, 0.6) is 0 Å². The van der Waals surface area contributed by atoms with Crippen LogP contribution >= 0.6 is 15.9 Å². The Morgan fingerprint density at radius 3 is 2.24 bits per heavy atom. The molecule has 1 saturated heterocycles. The Bertz CT molecular complexity index is 1030. The summed E-state index contributed by atoms with van der Waals surface area (Å²) < 4.78 is 38.2. The van der Waals surface area contributed by atoms with Crippen LogP contribution in [0.15, 0.2) is 59.1 Å². The Hall–Kier alpha value is -2.43. The highest BCUT2D eigenvalue weighted by atomic mass is 79.9. The number of amides is 1. The fourth-order valence-electron chi connectivity index (χ4n) is 5.36. The molecule has 2 fully saturated rings. The minimum atomic E-state index is -5.19. The molecular formula is C28H34BrF3N2O4. The molecule has 6 nitrogen and oxygen atoms in total. The number of rotatable bonds is 6. The van der Waals surface area contributed by atoms with E-state index in [4.69, 9.17) is 14.6 Å². The van der Waals surface area contributed by atoms with Crippen LogP contribution in [0.4, 0.5) is 13.2 Å². The first-order chi connectivity index (χ1) is 18.1. The number of carboxylic acids is 1. The number of hydrogen-bond donors (Lipinski definition) is 2. The highest BCUT2D eigenvalue weighted by Crippen LogP contribution is 2.38. The zero-order valence-electron chi connectivity index (χ0n) is 21.3. The molecule has 1 saturated carbocycles.